The summed E-state index contributed by atoms with van der Waals surface area (Å²) in [4.78, 5) is 40.8. The molecule has 0 spiro atoms. The number of anilines is 1. The summed E-state index contributed by atoms with van der Waals surface area (Å²) in [5.74, 6) is 0.0606. The van der Waals surface area contributed by atoms with Crippen molar-refractivity contribution in [2.24, 2.45) is 12.1 Å². The lowest BCUT2D eigenvalue weighted by Crippen LogP contribution is -2.30. The SMILES string of the molecule is C/C(=N/Nc1nc2c(c(=O)[nH]c(=O)n2C)n1C[C@@H](O)CO)c1ccc([N+](=O)[O-])cc1. The quantitative estimate of drug-likeness (QED) is 0.226. The monoisotopic (exact) mass is 417 g/mol. The van der Waals surface area contributed by atoms with Crippen LogP contribution in [0.4, 0.5) is 11.6 Å². The smallest absolute Gasteiger partial charge is 0.329 e. The summed E-state index contributed by atoms with van der Waals surface area (Å²) in [6, 6.07) is 5.75. The molecule has 0 radical (unpaired) electrons. The summed E-state index contributed by atoms with van der Waals surface area (Å²) in [7, 11) is 1.43. The second-order valence-corrected chi connectivity index (χ2v) is 6.49. The first-order chi connectivity index (χ1) is 14.2. The molecule has 0 saturated carbocycles. The number of fused-ring (bicyclic) bond motifs is 1. The molecule has 3 rings (SSSR count). The van der Waals surface area contributed by atoms with E-state index >= 15 is 0 Å². The van der Waals surface area contributed by atoms with Gasteiger partial charge in [-0.05, 0) is 24.6 Å². The number of aromatic amines is 1. The Bertz CT molecular complexity index is 1240. The molecule has 0 bridgehead atoms. The Morgan fingerprint density at radius 1 is 1.37 bits per heavy atom. The van der Waals surface area contributed by atoms with Crippen LogP contribution in [0.5, 0.6) is 0 Å². The first kappa shape index (κ1) is 20.9. The lowest BCUT2D eigenvalue weighted by atomic mass is 10.1. The van der Waals surface area contributed by atoms with E-state index in [0.29, 0.717) is 11.3 Å². The summed E-state index contributed by atoms with van der Waals surface area (Å²) in [5.41, 5.74) is 2.44. The highest BCUT2D eigenvalue weighted by molar-refractivity contribution is 5.99. The number of nitrogens with zero attached hydrogens (tertiary/aromatic N) is 5. The number of aryl methyl sites for hydroxylation is 1. The molecule has 2 heterocycles. The Balaban J connectivity index is 2.03. The van der Waals surface area contributed by atoms with Crippen LogP contribution in [-0.2, 0) is 13.6 Å². The van der Waals surface area contributed by atoms with Crippen molar-refractivity contribution in [2.45, 2.75) is 19.6 Å². The summed E-state index contributed by atoms with van der Waals surface area (Å²) in [6.45, 7) is 0.933. The second-order valence-electron chi connectivity index (χ2n) is 6.49. The van der Waals surface area contributed by atoms with E-state index in [1.54, 1.807) is 6.92 Å². The Morgan fingerprint density at radius 3 is 2.63 bits per heavy atom. The van der Waals surface area contributed by atoms with Gasteiger partial charge in [-0.2, -0.15) is 10.1 Å². The summed E-state index contributed by atoms with van der Waals surface area (Å²) in [5, 5.41) is 34.0. The van der Waals surface area contributed by atoms with Crippen LogP contribution >= 0.6 is 0 Å². The van der Waals surface area contributed by atoms with Crippen LogP contribution in [0.2, 0.25) is 0 Å². The molecule has 30 heavy (non-hydrogen) atoms. The van der Waals surface area contributed by atoms with Crippen LogP contribution < -0.4 is 16.7 Å². The zero-order valence-electron chi connectivity index (χ0n) is 16.1. The van der Waals surface area contributed by atoms with Gasteiger partial charge in [-0.25, -0.2) is 10.2 Å². The van der Waals surface area contributed by atoms with Crippen molar-refractivity contribution in [1.29, 1.82) is 0 Å². The minimum Gasteiger partial charge on any atom is -0.394 e. The van der Waals surface area contributed by atoms with Gasteiger partial charge < -0.3 is 14.8 Å². The fourth-order valence-electron chi connectivity index (χ4n) is 2.79. The predicted octanol–water partition coefficient (Wildman–Crippen LogP) is -0.479. The topological polar surface area (TPSA) is 181 Å². The van der Waals surface area contributed by atoms with Gasteiger partial charge in [0.05, 0.1) is 29.9 Å². The Hall–Kier alpha value is -3.84. The van der Waals surface area contributed by atoms with Crippen LogP contribution in [0.15, 0.2) is 39.0 Å². The van der Waals surface area contributed by atoms with E-state index in [4.69, 9.17) is 0 Å². The average Bonchev–Trinajstić information content (AvgIpc) is 3.09. The molecule has 0 aliphatic carbocycles. The number of non-ortho nitro benzene ring substituents is 1. The van der Waals surface area contributed by atoms with E-state index in [9.17, 15) is 29.9 Å². The highest BCUT2D eigenvalue weighted by Gasteiger charge is 2.19. The van der Waals surface area contributed by atoms with E-state index in [1.165, 1.54) is 35.9 Å². The van der Waals surface area contributed by atoms with Gasteiger partial charge in [-0.1, -0.05) is 0 Å². The molecule has 13 heteroatoms. The maximum absolute atomic E-state index is 12.3. The predicted molar refractivity (Wildman–Crippen MR) is 108 cm³/mol. The van der Waals surface area contributed by atoms with Crippen molar-refractivity contribution < 1.29 is 15.1 Å². The number of nitro benzene ring substituents is 1. The van der Waals surface area contributed by atoms with E-state index in [1.807, 2.05) is 0 Å². The average molecular weight is 417 g/mol. The first-order valence-electron chi connectivity index (χ1n) is 8.76. The van der Waals surface area contributed by atoms with Gasteiger partial charge in [-0.3, -0.25) is 24.5 Å². The third-order valence-corrected chi connectivity index (χ3v) is 4.43. The largest absolute Gasteiger partial charge is 0.394 e. The van der Waals surface area contributed by atoms with Crippen molar-refractivity contribution in [2.75, 3.05) is 12.0 Å². The lowest BCUT2D eigenvalue weighted by Gasteiger charge is -2.12. The lowest BCUT2D eigenvalue weighted by molar-refractivity contribution is -0.384. The van der Waals surface area contributed by atoms with Crippen molar-refractivity contribution in [3.05, 3.63) is 60.8 Å². The number of rotatable bonds is 7. The van der Waals surface area contributed by atoms with Crippen LogP contribution in [0.1, 0.15) is 12.5 Å². The molecule has 13 nitrogen and oxygen atoms in total. The number of nitro groups is 1. The van der Waals surface area contributed by atoms with Crippen molar-refractivity contribution in [1.82, 2.24) is 19.1 Å². The molecule has 158 valence electrons. The number of hydrazone groups is 1. The summed E-state index contributed by atoms with van der Waals surface area (Å²) in [6.07, 6.45) is -1.18. The number of hydrogen-bond donors (Lipinski definition) is 4. The maximum Gasteiger partial charge on any atom is 0.329 e. The Kier molecular flexibility index (Phi) is 5.75. The van der Waals surface area contributed by atoms with E-state index in [-0.39, 0.29) is 29.3 Å². The molecule has 2 aromatic heterocycles. The van der Waals surface area contributed by atoms with Crippen LogP contribution in [-0.4, -0.2) is 52.7 Å². The fraction of sp³-hybridized carbons (Fsp3) is 0.294. The number of aliphatic hydroxyl groups excluding tert-OH is 2. The van der Waals surface area contributed by atoms with Gasteiger partial charge in [0.2, 0.25) is 5.95 Å². The molecule has 3 aromatic rings. The minimum atomic E-state index is -1.18. The molecule has 1 atom stereocenters. The first-order valence-corrected chi connectivity index (χ1v) is 8.76. The second kappa shape index (κ2) is 8.26. The number of nitrogens with one attached hydrogen (secondary N) is 2. The van der Waals surface area contributed by atoms with E-state index < -0.39 is 28.9 Å². The Morgan fingerprint density at radius 2 is 2.03 bits per heavy atom. The number of H-pyrrole nitrogens is 1. The zero-order valence-corrected chi connectivity index (χ0v) is 16.1. The van der Waals surface area contributed by atoms with Gasteiger partial charge in [0.1, 0.15) is 0 Å². The normalized spacial score (nSPS) is 12.9. The molecular formula is C17H19N7O6. The molecular weight excluding hydrogens is 398 g/mol. The highest BCUT2D eigenvalue weighted by atomic mass is 16.6. The van der Waals surface area contributed by atoms with Crippen LogP contribution in [0.3, 0.4) is 0 Å². The van der Waals surface area contributed by atoms with Crippen molar-refractivity contribution >= 4 is 28.5 Å². The van der Waals surface area contributed by atoms with Gasteiger partial charge in [-0.15, -0.1) is 0 Å². The molecule has 0 fully saturated rings. The minimum absolute atomic E-state index is 0.0234. The van der Waals surface area contributed by atoms with Crippen LogP contribution in [0, 0.1) is 10.1 Å². The number of aromatic nitrogens is 4. The number of imidazole rings is 1. The number of hydrogen-bond acceptors (Lipinski definition) is 9. The highest BCUT2D eigenvalue weighted by Crippen LogP contribution is 2.17. The standard InChI is InChI=1S/C17H19N7O6/c1-9(10-3-5-11(6-4-10)24(29)30)20-21-16-18-14-13(23(16)7-12(26)8-25)15(27)19-17(28)22(14)2/h3-6,12,25-26H,7-8H2,1-2H3,(H,18,21)(H,19,27,28)/b20-9-/t12-/m1/s1. The molecule has 1 aromatic carbocycles. The number of benzene rings is 1. The number of aliphatic hydroxyl groups is 2. The van der Waals surface area contributed by atoms with Crippen molar-refractivity contribution in [3.8, 4) is 0 Å². The third-order valence-electron chi connectivity index (χ3n) is 4.43. The molecule has 0 aliphatic heterocycles. The van der Waals surface area contributed by atoms with Gasteiger partial charge >= 0.3 is 5.69 Å². The van der Waals surface area contributed by atoms with Crippen molar-refractivity contribution in [3.63, 3.8) is 0 Å². The van der Waals surface area contributed by atoms with E-state index in [2.05, 4.69) is 20.5 Å². The molecule has 0 amide bonds. The summed E-state index contributed by atoms with van der Waals surface area (Å²) >= 11 is 0. The zero-order chi connectivity index (χ0) is 22.0. The maximum atomic E-state index is 12.3. The molecule has 0 aliphatic rings. The third kappa shape index (κ3) is 3.97. The van der Waals surface area contributed by atoms with Gasteiger partial charge in [0, 0.05) is 19.2 Å². The van der Waals surface area contributed by atoms with Gasteiger partial charge in [0.15, 0.2) is 11.2 Å². The molecule has 0 saturated heterocycles. The molecule has 0 unspecified atom stereocenters. The van der Waals surface area contributed by atoms with Crippen LogP contribution in [0.25, 0.3) is 11.2 Å². The van der Waals surface area contributed by atoms with Gasteiger partial charge in [0.25, 0.3) is 11.2 Å². The van der Waals surface area contributed by atoms with E-state index in [0.717, 1.165) is 4.57 Å². The molecule has 4 N–H and O–H groups in total. The fourth-order valence-corrected chi connectivity index (χ4v) is 2.79. The summed E-state index contributed by atoms with van der Waals surface area (Å²) < 4.78 is 2.44. The Labute approximate surface area is 168 Å².